The van der Waals surface area contributed by atoms with Crippen molar-refractivity contribution in [2.45, 2.75) is 5.41 Å². The van der Waals surface area contributed by atoms with Crippen LogP contribution < -0.4 is 9.64 Å². The van der Waals surface area contributed by atoms with Gasteiger partial charge < -0.3 is 9.64 Å². The fraction of sp³-hybridized carbons (Fsp3) is 0.0154. The zero-order chi connectivity index (χ0) is 44.1. The maximum absolute atomic E-state index is 7.21. The first-order valence-corrected chi connectivity index (χ1v) is 23.2. The Kier molecular flexibility index (Phi) is 8.23. The summed E-state index contributed by atoms with van der Waals surface area (Å²) in [5, 5.41) is 2.49. The number of fused-ring (bicyclic) bond motifs is 18. The van der Waals surface area contributed by atoms with Crippen molar-refractivity contribution < 1.29 is 4.74 Å². The van der Waals surface area contributed by atoms with Gasteiger partial charge in [-0.2, -0.15) is 0 Å². The van der Waals surface area contributed by atoms with Gasteiger partial charge in [0.05, 0.1) is 11.1 Å². The molecule has 0 amide bonds. The Labute approximate surface area is 390 Å². The number of ether oxygens (including phenoxy) is 1. The van der Waals surface area contributed by atoms with E-state index in [1.165, 1.54) is 72.0 Å². The van der Waals surface area contributed by atoms with Gasteiger partial charge in [0.15, 0.2) is 5.75 Å². The molecule has 1 spiro atoms. The number of hydrogen-bond donors (Lipinski definition) is 0. The summed E-state index contributed by atoms with van der Waals surface area (Å²) in [6, 6.07) is 91.5. The van der Waals surface area contributed by atoms with Crippen LogP contribution in [-0.4, -0.2) is 0 Å². The Balaban J connectivity index is 1.07. The third kappa shape index (κ3) is 5.51. The number of benzene rings is 11. The van der Waals surface area contributed by atoms with Crippen molar-refractivity contribution in [1.82, 2.24) is 0 Å². The zero-order valence-electron chi connectivity index (χ0n) is 36.5. The lowest BCUT2D eigenvalue weighted by Gasteiger charge is -2.36. The van der Waals surface area contributed by atoms with E-state index in [-0.39, 0.29) is 0 Å². The van der Waals surface area contributed by atoms with Crippen LogP contribution in [0.5, 0.6) is 11.5 Å². The molecule has 1 aliphatic heterocycles. The molecule has 2 aliphatic carbocycles. The predicted molar refractivity (Wildman–Crippen MR) is 277 cm³/mol. The third-order valence-electron chi connectivity index (χ3n) is 14.5. The molecule has 0 saturated carbocycles. The molecule has 0 aromatic heterocycles. The lowest BCUT2D eigenvalue weighted by molar-refractivity contribution is 0.489. The standard InChI is InChI=1S/C65H41NO/c1-2-17-42(18-3-1)43-33-35-46(36-34-43)66(62-31-16-28-55-50-23-8-7-22-49(50)54-27-12-15-32-63(54)67-64(55)62)47-37-38-60-57(41-47)51-24-9-6-21-48(51)52-25-10-13-29-58(52)65(60)59-30-14-11-26-53(59)56-39-44-19-4-5-20-45(44)40-61(56)65/h1-41H. The van der Waals surface area contributed by atoms with Gasteiger partial charge in [-0.3, -0.25) is 0 Å². The highest BCUT2D eigenvalue weighted by Crippen LogP contribution is 2.63. The van der Waals surface area contributed by atoms with Crippen LogP contribution in [0.2, 0.25) is 0 Å². The summed E-state index contributed by atoms with van der Waals surface area (Å²) in [6.45, 7) is 0. The van der Waals surface area contributed by atoms with Crippen LogP contribution in [0.1, 0.15) is 22.3 Å². The number of hydrogen-bond acceptors (Lipinski definition) is 2. The summed E-state index contributed by atoms with van der Waals surface area (Å²) in [7, 11) is 0. The van der Waals surface area contributed by atoms with E-state index < -0.39 is 5.41 Å². The largest absolute Gasteiger partial charge is 0.454 e. The SMILES string of the molecule is c1ccc(-c2ccc(N(c3ccc4c(c3)-c3ccccc3-c3ccccc3C43c4ccccc4-c4cc5ccccc5cc43)c3cccc4c3Oc3ccccc3-c3ccccc3-4)cc2)cc1. The van der Waals surface area contributed by atoms with Crippen LogP contribution in [0.15, 0.2) is 249 Å². The Morgan fingerprint density at radius 3 is 1.48 bits per heavy atom. The van der Waals surface area contributed by atoms with Gasteiger partial charge in [0.1, 0.15) is 5.75 Å². The van der Waals surface area contributed by atoms with E-state index in [1.54, 1.807) is 0 Å². The van der Waals surface area contributed by atoms with E-state index in [2.05, 4.69) is 254 Å². The molecular weight excluding hydrogens is 811 g/mol. The minimum atomic E-state index is -0.609. The molecule has 1 unspecified atom stereocenters. The zero-order valence-corrected chi connectivity index (χ0v) is 36.5. The van der Waals surface area contributed by atoms with Gasteiger partial charge in [0, 0.05) is 22.5 Å². The van der Waals surface area contributed by atoms with Crippen molar-refractivity contribution in [2.75, 3.05) is 4.90 Å². The van der Waals surface area contributed by atoms with Crippen molar-refractivity contribution in [2.24, 2.45) is 0 Å². The molecule has 0 bridgehead atoms. The average Bonchev–Trinajstić information content (AvgIpc) is 3.51. The smallest absolute Gasteiger partial charge is 0.159 e. The Morgan fingerprint density at radius 1 is 0.284 bits per heavy atom. The molecular formula is C65H41NO. The molecule has 0 N–H and O–H groups in total. The summed E-state index contributed by atoms with van der Waals surface area (Å²) in [4.78, 5) is 2.40. The molecule has 2 heteroatoms. The molecule has 0 saturated heterocycles. The Hall–Kier alpha value is -8.72. The van der Waals surface area contributed by atoms with Crippen molar-refractivity contribution in [1.29, 1.82) is 0 Å². The topological polar surface area (TPSA) is 12.5 Å². The highest BCUT2D eigenvalue weighted by molar-refractivity contribution is 6.02. The summed E-state index contributed by atoms with van der Waals surface area (Å²) in [5.41, 5.74) is 21.8. The van der Waals surface area contributed by atoms with Gasteiger partial charge in [0.25, 0.3) is 0 Å². The molecule has 67 heavy (non-hydrogen) atoms. The fourth-order valence-electron chi connectivity index (χ4n) is 11.6. The van der Waals surface area contributed by atoms with E-state index in [0.717, 1.165) is 56.4 Å². The van der Waals surface area contributed by atoms with Gasteiger partial charge >= 0.3 is 0 Å². The second-order valence-electron chi connectivity index (χ2n) is 17.9. The van der Waals surface area contributed by atoms with Gasteiger partial charge in [-0.1, -0.05) is 200 Å². The quantitative estimate of drug-likeness (QED) is 0.175. The minimum Gasteiger partial charge on any atom is -0.454 e. The van der Waals surface area contributed by atoms with Crippen molar-refractivity contribution in [3.8, 4) is 78.3 Å². The van der Waals surface area contributed by atoms with Gasteiger partial charge in [-0.25, -0.2) is 0 Å². The van der Waals surface area contributed by atoms with E-state index in [1.807, 2.05) is 0 Å². The van der Waals surface area contributed by atoms with Crippen LogP contribution >= 0.6 is 0 Å². The number of para-hydroxylation sites is 2. The number of anilines is 3. The molecule has 2 nitrogen and oxygen atoms in total. The molecule has 11 aromatic rings. The normalized spacial score (nSPS) is 14.4. The first kappa shape index (κ1) is 37.6. The van der Waals surface area contributed by atoms with Crippen LogP contribution in [0.4, 0.5) is 17.1 Å². The molecule has 3 aliphatic rings. The Bertz CT molecular complexity index is 3790. The third-order valence-corrected chi connectivity index (χ3v) is 14.5. The fourth-order valence-corrected chi connectivity index (χ4v) is 11.6. The molecule has 0 radical (unpaired) electrons. The summed E-state index contributed by atoms with van der Waals surface area (Å²) in [5.74, 6) is 1.65. The molecule has 14 rings (SSSR count). The van der Waals surface area contributed by atoms with E-state index >= 15 is 0 Å². The summed E-state index contributed by atoms with van der Waals surface area (Å²) in [6.07, 6.45) is 0. The van der Waals surface area contributed by atoms with Crippen LogP contribution in [0, 0.1) is 0 Å². The maximum atomic E-state index is 7.21. The van der Waals surface area contributed by atoms with E-state index in [9.17, 15) is 0 Å². The average molecular weight is 852 g/mol. The van der Waals surface area contributed by atoms with Crippen molar-refractivity contribution >= 4 is 27.8 Å². The van der Waals surface area contributed by atoms with Crippen LogP contribution in [0.25, 0.3) is 77.5 Å². The van der Waals surface area contributed by atoms with Crippen LogP contribution in [-0.2, 0) is 5.41 Å². The van der Waals surface area contributed by atoms with E-state index in [0.29, 0.717) is 0 Å². The molecule has 312 valence electrons. The minimum absolute atomic E-state index is 0.609. The first-order chi connectivity index (χ1) is 33.2. The monoisotopic (exact) mass is 851 g/mol. The van der Waals surface area contributed by atoms with Crippen molar-refractivity contribution in [3.05, 3.63) is 271 Å². The lowest BCUT2D eigenvalue weighted by atomic mass is 9.65. The van der Waals surface area contributed by atoms with Crippen molar-refractivity contribution in [3.63, 3.8) is 0 Å². The second-order valence-corrected chi connectivity index (χ2v) is 17.9. The summed E-state index contributed by atoms with van der Waals surface area (Å²) < 4.78 is 7.21. The lowest BCUT2D eigenvalue weighted by Crippen LogP contribution is -2.29. The van der Waals surface area contributed by atoms with Crippen LogP contribution in [0.3, 0.4) is 0 Å². The first-order valence-electron chi connectivity index (χ1n) is 23.2. The highest BCUT2D eigenvalue weighted by Gasteiger charge is 2.50. The van der Waals surface area contributed by atoms with E-state index in [4.69, 9.17) is 4.74 Å². The number of nitrogens with zero attached hydrogens (tertiary/aromatic N) is 1. The highest BCUT2D eigenvalue weighted by atomic mass is 16.5. The molecule has 1 atom stereocenters. The molecule has 11 aromatic carbocycles. The van der Waals surface area contributed by atoms with Gasteiger partial charge in [0.2, 0.25) is 0 Å². The molecule has 0 fully saturated rings. The second kappa shape index (κ2) is 14.7. The Morgan fingerprint density at radius 2 is 0.761 bits per heavy atom. The molecule has 1 heterocycles. The predicted octanol–water partition coefficient (Wildman–Crippen LogP) is 17.4. The summed E-state index contributed by atoms with van der Waals surface area (Å²) >= 11 is 0. The number of rotatable bonds is 4. The van der Waals surface area contributed by atoms with Gasteiger partial charge in [-0.05, 0) is 137 Å². The van der Waals surface area contributed by atoms with Gasteiger partial charge in [-0.15, -0.1) is 0 Å². The maximum Gasteiger partial charge on any atom is 0.159 e.